The Morgan fingerprint density at radius 1 is 1.29 bits per heavy atom. The highest BCUT2D eigenvalue weighted by molar-refractivity contribution is 9.10. The molecular weight excluding hydrogens is 370 g/mol. The predicted octanol–water partition coefficient (Wildman–Crippen LogP) is 4.23. The van der Waals surface area contributed by atoms with Crippen molar-refractivity contribution in [3.8, 4) is 0 Å². The van der Waals surface area contributed by atoms with Crippen LogP contribution in [0.5, 0.6) is 0 Å². The molecule has 0 aliphatic rings. The molecular formula is C14H12BrN3OS2. The summed E-state index contributed by atoms with van der Waals surface area (Å²) < 4.78 is 6.32. The van der Waals surface area contributed by atoms with Gasteiger partial charge in [0.05, 0.1) is 5.75 Å². The molecule has 0 saturated carbocycles. The molecule has 2 N–H and O–H groups in total. The van der Waals surface area contributed by atoms with Crippen LogP contribution in [-0.4, -0.2) is 10.1 Å². The van der Waals surface area contributed by atoms with E-state index in [0.717, 1.165) is 14.2 Å². The van der Waals surface area contributed by atoms with Crippen LogP contribution in [0.1, 0.15) is 22.6 Å². The summed E-state index contributed by atoms with van der Waals surface area (Å²) in [7, 11) is 0. The normalized spacial score (nSPS) is 12.5. The Kier molecular flexibility index (Phi) is 4.74. The van der Waals surface area contributed by atoms with E-state index in [1.807, 2.05) is 41.8 Å². The largest absolute Gasteiger partial charge is 0.337 e. The van der Waals surface area contributed by atoms with Gasteiger partial charge in [0.1, 0.15) is 6.04 Å². The zero-order valence-corrected chi connectivity index (χ0v) is 14.1. The van der Waals surface area contributed by atoms with Crippen LogP contribution >= 0.6 is 39.0 Å². The molecule has 0 spiro atoms. The Bertz CT molecular complexity index is 697. The first-order valence-corrected chi connectivity index (χ1v) is 8.88. The van der Waals surface area contributed by atoms with Crippen molar-refractivity contribution in [2.45, 2.75) is 16.7 Å². The second kappa shape index (κ2) is 6.74. The highest BCUT2D eigenvalue weighted by Crippen LogP contribution is 2.25. The third-order valence-electron chi connectivity index (χ3n) is 2.78. The van der Waals surface area contributed by atoms with Gasteiger partial charge in [-0.2, -0.15) is 4.98 Å². The Hall–Kier alpha value is -1.15. The van der Waals surface area contributed by atoms with Gasteiger partial charge in [0, 0.05) is 14.2 Å². The molecule has 21 heavy (non-hydrogen) atoms. The van der Waals surface area contributed by atoms with Gasteiger partial charge in [-0.15, -0.1) is 23.1 Å². The Balaban J connectivity index is 1.64. The number of benzene rings is 1. The molecule has 0 fully saturated rings. The van der Waals surface area contributed by atoms with Gasteiger partial charge in [-0.05, 0) is 35.7 Å². The third-order valence-corrected chi connectivity index (χ3v) is 5.27. The fourth-order valence-corrected chi connectivity index (χ4v) is 3.45. The second-order valence-electron chi connectivity index (χ2n) is 4.28. The van der Waals surface area contributed by atoms with Gasteiger partial charge in [-0.3, -0.25) is 0 Å². The fraction of sp³-hybridized carbons (Fsp3) is 0.143. The molecule has 2 heterocycles. The van der Waals surface area contributed by atoms with Crippen LogP contribution < -0.4 is 5.73 Å². The van der Waals surface area contributed by atoms with E-state index in [2.05, 4.69) is 26.1 Å². The first kappa shape index (κ1) is 14.8. The van der Waals surface area contributed by atoms with E-state index in [4.69, 9.17) is 10.3 Å². The molecule has 4 nitrogen and oxygen atoms in total. The fourth-order valence-electron chi connectivity index (χ4n) is 1.72. The summed E-state index contributed by atoms with van der Waals surface area (Å²) in [5.41, 5.74) is 6.10. The highest BCUT2D eigenvalue weighted by atomic mass is 79.9. The number of aromatic nitrogens is 2. The number of nitrogens with two attached hydrogens (primary N) is 1. The summed E-state index contributed by atoms with van der Waals surface area (Å²) >= 11 is 6.66. The molecule has 0 saturated heterocycles. The Morgan fingerprint density at radius 3 is 2.81 bits per heavy atom. The lowest BCUT2D eigenvalue weighted by Crippen LogP contribution is -2.10. The maximum atomic E-state index is 6.10. The van der Waals surface area contributed by atoms with Crippen LogP contribution in [0.4, 0.5) is 0 Å². The molecule has 1 aromatic carbocycles. The lowest BCUT2D eigenvalue weighted by molar-refractivity contribution is 0.364. The maximum Gasteiger partial charge on any atom is 0.249 e. The van der Waals surface area contributed by atoms with Crippen LogP contribution in [0.15, 0.2) is 55.7 Å². The zero-order chi connectivity index (χ0) is 14.7. The number of hydrogen-bond donors (Lipinski definition) is 1. The van der Waals surface area contributed by atoms with Crippen molar-refractivity contribution in [1.82, 2.24) is 10.1 Å². The quantitative estimate of drug-likeness (QED) is 0.669. The van der Waals surface area contributed by atoms with Gasteiger partial charge in [0.25, 0.3) is 0 Å². The first-order chi connectivity index (χ1) is 10.2. The van der Waals surface area contributed by atoms with Crippen LogP contribution in [0.3, 0.4) is 0 Å². The number of halogens is 1. The Morgan fingerprint density at radius 2 is 2.10 bits per heavy atom. The molecule has 0 radical (unpaired) electrons. The predicted molar refractivity (Wildman–Crippen MR) is 88.4 cm³/mol. The summed E-state index contributed by atoms with van der Waals surface area (Å²) in [5, 5.41) is 5.97. The minimum Gasteiger partial charge on any atom is -0.337 e. The lowest BCUT2D eigenvalue weighted by Gasteiger charge is -2.01. The Labute approximate surface area is 138 Å². The van der Waals surface area contributed by atoms with E-state index >= 15 is 0 Å². The second-order valence-corrected chi connectivity index (χ2v) is 7.23. The topological polar surface area (TPSA) is 64.9 Å². The zero-order valence-electron chi connectivity index (χ0n) is 10.9. The van der Waals surface area contributed by atoms with Crippen molar-refractivity contribution in [2.24, 2.45) is 5.73 Å². The van der Waals surface area contributed by atoms with Crippen LogP contribution in [-0.2, 0) is 5.75 Å². The average Bonchev–Trinajstić information content (AvgIpc) is 3.18. The van der Waals surface area contributed by atoms with Crippen LogP contribution in [0.2, 0.25) is 0 Å². The summed E-state index contributed by atoms with van der Waals surface area (Å²) in [6, 6.07) is 11.7. The molecule has 2 aromatic heterocycles. The van der Waals surface area contributed by atoms with Gasteiger partial charge < -0.3 is 10.3 Å². The van der Waals surface area contributed by atoms with Gasteiger partial charge in [0.15, 0.2) is 5.82 Å². The molecule has 0 amide bonds. The number of nitrogens with zero attached hydrogens (tertiary/aromatic N) is 2. The van der Waals surface area contributed by atoms with E-state index in [1.165, 1.54) is 0 Å². The van der Waals surface area contributed by atoms with Gasteiger partial charge in [-0.1, -0.05) is 27.2 Å². The summed E-state index contributed by atoms with van der Waals surface area (Å²) in [6.45, 7) is 0. The molecule has 1 unspecified atom stereocenters. The maximum absolute atomic E-state index is 6.10. The van der Waals surface area contributed by atoms with E-state index in [0.29, 0.717) is 17.5 Å². The smallest absolute Gasteiger partial charge is 0.249 e. The highest BCUT2D eigenvalue weighted by Gasteiger charge is 2.17. The number of thioether (sulfide) groups is 1. The van der Waals surface area contributed by atoms with E-state index in [9.17, 15) is 0 Å². The van der Waals surface area contributed by atoms with Crippen molar-refractivity contribution >= 4 is 39.0 Å². The summed E-state index contributed by atoms with van der Waals surface area (Å²) in [6.07, 6.45) is 0. The van der Waals surface area contributed by atoms with Crippen LogP contribution in [0, 0.1) is 0 Å². The number of hydrogen-bond acceptors (Lipinski definition) is 6. The lowest BCUT2D eigenvalue weighted by atomic mass is 10.2. The average molecular weight is 382 g/mol. The molecule has 3 rings (SSSR count). The molecule has 0 bridgehead atoms. The van der Waals surface area contributed by atoms with Crippen molar-refractivity contribution in [2.75, 3.05) is 0 Å². The molecule has 1 atom stereocenters. The molecule has 7 heteroatoms. The van der Waals surface area contributed by atoms with Crippen molar-refractivity contribution in [3.05, 3.63) is 62.8 Å². The standard InChI is InChI=1S/C14H12BrN3OS2/c15-9-3-5-10(6-4-9)21-8-12-17-14(19-18-12)13(16)11-2-1-7-20-11/h1-7,13H,8,16H2. The molecule has 108 valence electrons. The van der Waals surface area contributed by atoms with Crippen molar-refractivity contribution < 1.29 is 4.52 Å². The molecule has 0 aliphatic heterocycles. The molecule has 0 aliphatic carbocycles. The summed E-state index contributed by atoms with van der Waals surface area (Å²) in [4.78, 5) is 6.55. The van der Waals surface area contributed by atoms with Crippen LogP contribution in [0.25, 0.3) is 0 Å². The van der Waals surface area contributed by atoms with Gasteiger partial charge >= 0.3 is 0 Å². The monoisotopic (exact) mass is 381 g/mol. The van der Waals surface area contributed by atoms with Crippen molar-refractivity contribution in [1.29, 1.82) is 0 Å². The van der Waals surface area contributed by atoms with Crippen molar-refractivity contribution in [3.63, 3.8) is 0 Å². The third kappa shape index (κ3) is 3.74. The van der Waals surface area contributed by atoms with E-state index in [-0.39, 0.29) is 6.04 Å². The molecule has 3 aromatic rings. The minimum absolute atomic E-state index is 0.344. The SMILES string of the molecule is NC(c1nc(CSc2ccc(Br)cc2)no1)c1cccs1. The minimum atomic E-state index is -0.344. The van der Waals surface area contributed by atoms with Gasteiger partial charge in [-0.25, -0.2) is 0 Å². The van der Waals surface area contributed by atoms with E-state index in [1.54, 1.807) is 23.1 Å². The number of rotatable bonds is 5. The van der Waals surface area contributed by atoms with Gasteiger partial charge in [0.2, 0.25) is 5.89 Å². The van der Waals surface area contributed by atoms with E-state index < -0.39 is 0 Å². The summed E-state index contributed by atoms with van der Waals surface area (Å²) in [5.74, 6) is 1.77. The first-order valence-electron chi connectivity index (χ1n) is 6.22. The number of thiophene rings is 1.